The van der Waals surface area contributed by atoms with E-state index in [0.717, 1.165) is 61.8 Å². The lowest BCUT2D eigenvalue weighted by atomic mass is 9.89. The van der Waals surface area contributed by atoms with Crippen molar-refractivity contribution >= 4 is 40.2 Å². The van der Waals surface area contributed by atoms with Crippen LogP contribution in [-0.2, 0) is 0 Å². The van der Waals surface area contributed by atoms with Crippen molar-refractivity contribution in [1.29, 1.82) is 5.41 Å². The van der Waals surface area contributed by atoms with Gasteiger partial charge in [-0.25, -0.2) is 0 Å². The number of hydrogen-bond acceptors (Lipinski definition) is 3. The number of hydrogen-bond donors (Lipinski definition) is 2. The van der Waals surface area contributed by atoms with Gasteiger partial charge in [0, 0.05) is 34.0 Å². The van der Waals surface area contributed by atoms with Crippen LogP contribution >= 0.6 is 0 Å². The van der Waals surface area contributed by atoms with Gasteiger partial charge >= 0.3 is 0 Å². The Morgan fingerprint density at radius 2 is 0.839 bits per heavy atom. The van der Waals surface area contributed by atoms with Gasteiger partial charge in [-0.15, -0.1) is 0 Å². The molecule has 0 spiro atoms. The molecule has 0 saturated carbocycles. The lowest BCUT2D eigenvalue weighted by Gasteiger charge is -2.27. The number of rotatable bonds is 9. The summed E-state index contributed by atoms with van der Waals surface area (Å²) in [4.78, 5) is 2.32. The molecule has 0 radical (unpaired) electrons. The number of nitrogens with zero attached hydrogens (tertiary/aromatic N) is 1. The third kappa shape index (κ3) is 7.10. The Hall–Kier alpha value is -7.49. The molecule has 1 heterocycles. The molecule has 0 fully saturated rings. The van der Waals surface area contributed by atoms with Gasteiger partial charge in [0.2, 0.25) is 0 Å². The fourth-order valence-corrected chi connectivity index (χ4v) is 7.46. The molecule has 1 aliphatic heterocycles. The minimum atomic E-state index is 0.450. The largest absolute Gasteiger partial charge is 0.354 e. The van der Waals surface area contributed by atoms with Crippen molar-refractivity contribution in [3.63, 3.8) is 0 Å². The molecule has 0 unspecified atom stereocenters. The van der Waals surface area contributed by atoms with E-state index in [1.165, 1.54) is 22.3 Å². The molecule has 0 aromatic heterocycles. The monoisotopic (exact) mass is 717 g/mol. The maximum absolute atomic E-state index is 9.07. The van der Waals surface area contributed by atoms with Gasteiger partial charge in [-0.3, -0.25) is 0 Å². The Morgan fingerprint density at radius 1 is 0.411 bits per heavy atom. The third-order valence-corrected chi connectivity index (χ3v) is 10.3. The highest BCUT2D eigenvalue weighted by Crippen LogP contribution is 2.40. The average molecular weight is 718 g/mol. The van der Waals surface area contributed by atoms with E-state index in [4.69, 9.17) is 5.41 Å². The second kappa shape index (κ2) is 15.5. The van der Waals surface area contributed by atoms with Crippen molar-refractivity contribution in [3.05, 3.63) is 241 Å². The van der Waals surface area contributed by atoms with Gasteiger partial charge in [-0.1, -0.05) is 176 Å². The fraction of sp³-hybridized carbons (Fsp3) is 0. The number of fused-ring (bicyclic) bond motifs is 1. The van der Waals surface area contributed by atoms with E-state index < -0.39 is 0 Å². The van der Waals surface area contributed by atoms with Crippen LogP contribution in [-0.4, -0.2) is 5.71 Å². The summed E-state index contributed by atoms with van der Waals surface area (Å²) in [5.41, 5.74) is 16.7. The van der Waals surface area contributed by atoms with Gasteiger partial charge in [0.15, 0.2) is 0 Å². The SMILES string of the molecule is N=C(/C=C1\NC(c2ccccc2)=Cc2cccc(-c3ccc(N(c4ccc(-c5ccccc5)cc4)c4ccc(-c5ccccc5)cc4)cc3)c21)c1ccccc1. The third-order valence-electron chi connectivity index (χ3n) is 10.3. The second-order valence-corrected chi connectivity index (χ2v) is 13.9. The van der Waals surface area contributed by atoms with E-state index in [9.17, 15) is 0 Å². The molecule has 56 heavy (non-hydrogen) atoms. The summed E-state index contributed by atoms with van der Waals surface area (Å²) >= 11 is 0. The predicted molar refractivity (Wildman–Crippen MR) is 236 cm³/mol. The highest BCUT2D eigenvalue weighted by Gasteiger charge is 2.21. The van der Waals surface area contributed by atoms with Crippen LogP contribution in [0.3, 0.4) is 0 Å². The number of benzene rings is 8. The molecule has 266 valence electrons. The summed E-state index contributed by atoms with van der Waals surface area (Å²) < 4.78 is 0. The van der Waals surface area contributed by atoms with E-state index in [2.05, 4.69) is 192 Å². The van der Waals surface area contributed by atoms with Crippen LogP contribution in [0.2, 0.25) is 0 Å². The summed E-state index contributed by atoms with van der Waals surface area (Å²) in [6.45, 7) is 0. The van der Waals surface area contributed by atoms with Crippen molar-refractivity contribution in [2.45, 2.75) is 0 Å². The fourth-order valence-electron chi connectivity index (χ4n) is 7.46. The predicted octanol–water partition coefficient (Wildman–Crippen LogP) is 13.7. The molecule has 0 saturated heterocycles. The normalized spacial score (nSPS) is 12.6. The molecule has 3 nitrogen and oxygen atoms in total. The quantitative estimate of drug-likeness (QED) is 0.146. The van der Waals surface area contributed by atoms with Gasteiger partial charge in [0.1, 0.15) is 0 Å². The zero-order chi connectivity index (χ0) is 37.7. The van der Waals surface area contributed by atoms with Crippen LogP contribution in [0.15, 0.2) is 218 Å². The van der Waals surface area contributed by atoms with E-state index in [0.29, 0.717) is 5.71 Å². The number of allylic oxidation sites excluding steroid dienone is 1. The summed E-state index contributed by atoms with van der Waals surface area (Å²) in [7, 11) is 0. The van der Waals surface area contributed by atoms with Gasteiger partial charge in [-0.2, -0.15) is 0 Å². The minimum Gasteiger partial charge on any atom is -0.354 e. The summed E-state index contributed by atoms with van der Waals surface area (Å²) in [6.07, 6.45) is 4.17. The summed E-state index contributed by atoms with van der Waals surface area (Å²) in [6, 6.07) is 74.2. The highest BCUT2D eigenvalue weighted by atomic mass is 15.1. The molecule has 9 rings (SSSR count). The van der Waals surface area contributed by atoms with Crippen molar-refractivity contribution in [1.82, 2.24) is 5.32 Å². The number of nitrogens with one attached hydrogen (secondary N) is 2. The highest BCUT2D eigenvalue weighted by molar-refractivity contribution is 6.12. The summed E-state index contributed by atoms with van der Waals surface area (Å²) in [5, 5.41) is 12.8. The van der Waals surface area contributed by atoms with Crippen molar-refractivity contribution in [2.24, 2.45) is 0 Å². The first-order chi connectivity index (χ1) is 27.7. The van der Waals surface area contributed by atoms with Gasteiger partial charge in [0.25, 0.3) is 0 Å². The van der Waals surface area contributed by atoms with E-state index in [-0.39, 0.29) is 0 Å². The molecule has 1 aliphatic rings. The molecule has 3 heteroatoms. The average Bonchev–Trinajstić information content (AvgIpc) is 3.28. The van der Waals surface area contributed by atoms with Crippen molar-refractivity contribution in [3.8, 4) is 33.4 Å². The first kappa shape index (κ1) is 34.3. The van der Waals surface area contributed by atoms with Crippen LogP contribution in [0.5, 0.6) is 0 Å². The Balaban J connectivity index is 1.12. The molecule has 2 N–H and O–H groups in total. The minimum absolute atomic E-state index is 0.450. The van der Waals surface area contributed by atoms with Crippen LogP contribution in [0.4, 0.5) is 17.1 Å². The van der Waals surface area contributed by atoms with Crippen LogP contribution in [0, 0.1) is 5.41 Å². The van der Waals surface area contributed by atoms with E-state index in [1.54, 1.807) is 0 Å². The molecule has 0 aliphatic carbocycles. The maximum Gasteiger partial charge on any atom is 0.0633 e. The topological polar surface area (TPSA) is 39.1 Å². The number of anilines is 3. The lowest BCUT2D eigenvalue weighted by Crippen LogP contribution is -2.18. The van der Waals surface area contributed by atoms with E-state index >= 15 is 0 Å². The molecule has 8 aromatic carbocycles. The Bertz CT molecular complexity index is 2580. The smallest absolute Gasteiger partial charge is 0.0633 e. The molecule has 8 aromatic rings. The van der Waals surface area contributed by atoms with Gasteiger partial charge < -0.3 is 15.6 Å². The Morgan fingerprint density at radius 3 is 1.34 bits per heavy atom. The molecular formula is C53H39N3. The maximum atomic E-state index is 9.07. The molecule has 0 atom stereocenters. The first-order valence-electron chi connectivity index (χ1n) is 18.9. The van der Waals surface area contributed by atoms with E-state index in [1.807, 2.05) is 42.5 Å². The van der Waals surface area contributed by atoms with Crippen LogP contribution in [0.1, 0.15) is 22.3 Å². The van der Waals surface area contributed by atoms with Crippen molar-refractivity contribution in [2.75, 3.05) is 4.90 Å². The molecule has 0 bridgehead atoms. The zero-order valence-electron chi connectivity index (χ0n) is 30.8. The Kier molecular flexibility index (Phi) is 9.47. The van der Waals surface area contributed by atoms with Crippen molar-refractivity contribution < 1.29 is 0 Å². The zero-order valence-corrected chi connectivity index (χ0v) is 30.8. The van der Waals surface area contributed by atoms with Gasteiger partial charge in [-0.05, 0) is 98.6 Å². The lowest BCUT2D eigenvalue weighted by molar-refractivity contribution is 1.22. The van der Waals surface area contributed by atoms with Gasteiger partial charge in [0.05, 0.1) is 5.71 Å². The second-order valence-electron chi connectivity index (χ2n) is 13.9. The first-order valence-corrected chi connectivity index (χ1v) is 18.9. The Labute approximate surface area is 328 Å². The van der Waals surface area contributed by atoms with Crippen LogP contribution < -0.4 is 10.2 Å². The van der Waals surface area contributed by atoms with Crippen LogP contribution in [0.25, 0.3) is 50.9 Å². The molecule has 0 amide bonds. The molecular weight excluding hydrogens is 679 g/mol. The summed E-state index contributed by atoms with van der Waals surface area (Å²) in [5.74, 6) is 0. The standard InChI is InChI=1S/C53H39N3/c54-50(43-18-9-3-10-19-43)37-52-53-45(36-51(55-52)44-20-11-4-12-21-44)22-13-23-49(53)42-28-34-48(35-29-42)56(46-30-24-40(25-31-46)38-14-5-1-6-15-38)47-32-26-41(27-33-47)39-16-7-2-8-17-39/h1-37,54-55H/b52-37-,54-50?.